The van der Waals surface area contributed by atoms with E-state index in [1.807, 2.05) is 0 Å². The Morgan fingerprint density at radius 3 is 1.36 bits per heavy atom. The first kappa shape index (κ1) is 25.3. The molecule has 4 radical (unpaired) electrons. The number of rotatable bonds is 4. The molecular weight excluding hydrogens is 408 g/mol. The smallest absolute Gasteiger partial charge is 0.147 e. The standard InChI is InChI=1S/C7H15.Cl3Si.2ClH.Sn/c1-3-5-7-6-4-2;1-4(2)3;;;/h7H,3-6H2,1-2H3;;2*1H;. The fraction of sp³-hybridized carbons (Fsp3) is 1.00. The summed E-state index contributed by atoms with van der Waals surface area (Å²) in [6.07, 6.45) is 5.64. The Morgan fingerprint density at radius 2 is 1.21 bits per heavy atom. The molecule has 0 saturated carbocycles. The second-order valence-electron chi connectivity index (χ2n) is 2.49. The molecule has 0 unspecified atom stereocenters. The van der Waals surface area contributed by atoms with Gasteiger partial charge in [-0.2, -0.15) is 0 Å². The van der Waals surface area contributed by atoms with Crippen LogP contribution in [0.2, 0.25) is 3.93 Å². The third-order valence-electron chi connectivity index (χ3n) is 1.27. The third kappa shape index (κ3) is 36.6. The van der Waals surface area contributed by atoms with Crippen molar-refractivity contribution in [2.75, 3.05) is 0 Å². The van der Waals surface area contributed by atoms with Crippen molar-refractivity contribution < 1.29 is 0 Å². The van der Waals surface area contributed by atoms with Crippen LogP contribution in [0.4, 0.5) is 0 Å². The second-order valence-corrected chi connectivity index (χ2v) is 10.4. The minimum absolute atomic E-state index is 0. The van der Waals surface area contributed by atoms with Gasteiger partial charge in [0.25, 0.3) is 0 Å². The van der Waals surface area contributed by atoms with E-state index >= 15 is 0 Å². The summed E-state index contributed by atoms with van der Waals surface area (Å²) in [5, 5.41) is 0. The molecule has 7 heteroatoms. The van der Waals surface area contributed by atoms with Crippen molar-refractivity contribution in [2.45, 2.75) is 43.5 Å². The molecule has 0 bridgehead atoms. The SMILES string of the molecule is CCC[CH]([Sn])CCC.Cl.Cl.Cl[Si](Cl)Cl. The van der Waals surface area contributed by atoms with Gasteiger partial charge in [-0.25, -0.2) is 0 Å². The topological polar surface area (TPSA) is 0 Å². The van der Waals surface area contributed by atoms with Crippen LogP contribution in [0.5, 0.6) is 0 Å². The quantitative estimate of drug-likeness (QED) is 0.436. The van der Waals surface area contributed by atoms with Gasteiger partial charge in [0.05, 0.1) is 0 Å². The minimum Gasteiger partial charge on any atom is -0.147 e. The normalized spacial score (nSPS) is 8.57. The van der Waals surface area contributed by atoms with E-state index in [4.69, 9.17) is 33.2 Å². The average Bonchev–Trinajstić information content (AvgIpc) is 1.87. The first-order valence-corrected chi connectivity index (χ1v) is 10.3. The van der Waals surface area contributed by atoms with Crippen molar-refractivity contribution >= 4 is 87.3 Å². The first-order chi connectivity index (χ1) is 5.54. The van der Waals surface area contributed by atoms with Crippen LogP contribution >= 0.6 is 58.1 Å². The van der Waals surface area contributed by atoms with Gasteiger partial charge in [0.1, 0.15) is 0 Å². The molecule has 0 spiro atoms. The third-order valence-corrected chi connectivity index (χ3v) is 2.92. The summed E-state index contributed by atoms with van der Waals surface area (Å²) < 4.78 is 1.05. The van der Waals surface area contributed by atoms with Crippen LogP contribution in [0.15, 0.2) is 0 Å². The van der Waals surface area contributed by atoms with E-state index < -0.39 is 6.73 Å². The van der Waals surface area contributed by atoms with E-state index in [2.05, 4.69) is 13.8 Å². The summed E-state index contributed by atoms with van der Waals surface area (Å²) in [6.45, 7) is 3.08. The Hall–Kier alpha value is 2.47. The van der Waals surface area contributed by atoms with Gasteiger partial charge in [0.2, 0.25) is 0 Å². The van der Waals surface area contributed by atoms with E-state index in [0.717, 1.165) is 3.93 Å². The van der Waals surface area contributed by atoms with E-state index in [1.165, 1.54) is 25.7 Å². The average molecular weight is 425 g/mol. The zero-order valence-corrected chi connectivity index (χ0v) is 16.1. The number of hydrogen-bond donors (Lipinski definition) is 0. The van der Waals surface area contributed by atoms with Gasteiger partial charge in [-0.15, -0.1) is 58.1 Å². The minimum atomic E-state index is -1.46. The van der Waals surface area contributed by atoms with Crippen molar-refractivity contribution in [1.82, 2.24) is 0 Å². The zero-order chi connectivity index (χ0) is 9.98. The van der Waals surface area contributed by atoms with Crippen molar-refractivity contribution in [3.63, 3.8) is 0 Å². The molecule has 0 nitrogen and oxygen atoms in total. The summed E-state index contributed by atoms with van der Waals surface area (Å²) in [5.74, 6) is 0. The molecule has 88 valence electrons. The molecule has 0 rings (SSSR count). The molecule has 0 aliphatic rings. The van der Waals surface area contributed by atoms with E-state index in [9.17, 15) is 0 Å². The maximum absolute atomic E-state index is 4.91. The monoisotopic (exact) mass is 424 g/mol. The van der Waals surface area contributed by atoms with Crippen LogP contribution in [0, 0.1) is 0 Å². The molecule has 0 aromatic carbocycles. The summed E-state index contributed by atoms with van der Waals surface area (Å²) >= 11 is 16.5. The van der Waals surface area contributed by atoms with Crippen LogP contribution in [0.25, 0.3) is 0 Å². The van der Waals surface area contributed by atoms with Crippen LogP contribution in [0.1, 0.15) is 39.5 Å². The van der Waals surface area contributed by atoms with Gasteiger partial charge in [-0.1, -0.05) is 0 Å². The van der Waals surface area contributed by atoms with E-state index in [-0.39, 0.29) is 24.8 Å². The van der Waals surface area contributed by atoms with Gasteiger partial charge in [-0.3, -0.25) is 0 Å². The molecule has 14 heavy (non-hydrogen) atoms. The van der Waals surface area contributed by atoms with E-state index in [0.29, 0.717) is 0 Å². The molecule has 0 aliphatic heterocycles. The molecular formula is C7H17Cl5SiSn. The van der Waals surface area contributed by atoms with Gasteiger partial charge in [0, 0.05) is 0 Å². The van der Waals surface area contributed by atoms with Crippen LogP contribution in [0.3, 0.4) is 0 Å². The zero-order valence-electron chi connectivity index (χ0n) is 8.36. The van der Waals surface area contributed by atoms with Crippen LogP contribution < -0.4 is 0 Å². The fourth-order valence-corrected chi connectivity index (χ4v) is 2.49. The van der Waals surface area contributed by atoms with Crippen LogP contribution in [-0.4, -0.2) is 29.3 Å². The summed E-state index contributed by atoms with van der Waals surface area (Å²) in [4.78, 5) is 0. The van der Waals surface area contributed by atoms with Gasteiger partial charge < -0.3 is 0 Å². The molecule has 0 N–H and O–H groups in total. The first-order valence-electron chi connectivity index (χ1n) is 4.09. The predicted molar refractivity (Wildman–Crippen MR) is 77.1 cm³/mol. The Labute approximate surface area is 129 Å². The van der Waals surface area contributed by atoms with Gasteiger partial charge in [-0.05, 0) is 0 Å². The van der Waals surface area contributed by atoms with Gasteiger partial charge >= 0.3 is 72.7 Å². The largest absolute Gasteiger partial charge is 0.376 e. The molecule has 0 saturated heterocycles. The van der Waals surface area contributed by atoms with Crippen molar-refractivity contribution in [2.24, 2.45) is 0 Å². The Bertz CT molecular complexity index is 77.7. The van der Waals surface area contributed by atoms with Crippen LogP contribution in [-0.2, 0) is 0 Å². The van der Waals surface area contributed by atoms with Crippen molar-refractivity contribution in [3.05, 3.63) is 0 Å². The van der Waals surface area contributed by atoms with Crippen molar-refractivity contribution in [3.8, 4) is 0 Å². The summed E-state index contributed by atoms with van der Waals surface area (Å²) in [5.41, 5.74) is 0. The number of hydrogen-bond acceptors (Lipinski definition) is 0. The molecule has 0 aliphatic carbocycles. The van der Waals surface area contributed by atoms with Gasteiger partial charge in [0.15, 0.2) is 0 Å². The molecule has 0 aromatic rings. The Balaban J connectivity index is -0.0000000733. The second kappa shape index (κ2) is 20.8. The molecule has 0 aromatic heterocycles. The Morgan fingerprint density at radius 1 is 1.00 bits per heavy atom. The summed E-state index contributed by atoms with van der Waals surface area (Å²) in [7, 11) is 0. The predicted octanol–water partition coefficient (Wildman–Crippen LogP) is 5.07. The molecule has 0 atom stereocenters. The maximum Gasteiger partial charge on any atom is 0.376 e. The molecule has 0 fully saturated rings. The summed E-state index contributed by atoms with van der Waals surface area (Å²) in [6, 6.07) is 0. The molecule has 0 amide bonds. The number of halogens is 5. The maximum atomic E-state index is 4.91. The fourth-order valence-electron chi connectivity index (χ4n) is 0.841. The van der Waals surface area contributed by atoms with Crippen molar-refractivity contribution in [1.29, 1.82) is 0 Å². The van der Waals surface area contributed by atoms with E-state index in [1.54, 1.807) is 22.5 Å². The molecule has 0 heterocycles. The Kier molecular flexibility index (Phi) is 37.7.